The number of aryl methyl sites for hydroxylation is 3. The summed E-state index contributed by atoms with van der Waals surface area (Å²) in [5.41, 5.74) is 4.22. The molecule has 0 bridgehead atoms. The third kappa shape index (κ3) is 3.93. The second-order valence-electron chi connectivity index (χ2n) is 8.23. The van der Waals surface area contributed by atoms with Crippen LogP contribution in [0, 0.1) is 20.8 Å². The van der Waals surface area contributed by atoms with E-state index in [1.807, 2.05) is 36.4 Å². The second kappa shape index (κ2) is 8.88. The van der Waals surface area contributed by atoms with Gasteiger partial charge in [-0.2, -0.15) is 0 Å². The predicted molar refractivity (Wildman–Crippen MR) is 136 cm³/mol. The molecule has 0 amide bonds. The van der Waals surface area contributed by atoms with Crippen molar-refractivity contribution in [3.05, 3.63) is 74.4 Å². The van der Waals surface area contributed by atoms with E-state index in [9.17, 15) is 4.79 Å². The average Bonchev–Trinajstić information content (AvgIpc) is 3.15. The zero-order valence-electron chi connectivity index (χ0n) is 19.2. The molecule has 0 spiro atoms. The SMILES string of the molecule is CCc1c(C)sc2nc(SCC3COc4ccccc4O3)n(-c3cccc(C)c3C)c(=O)c12. The van der Waals surface area contributed by atoms with Gasteiger partial charge in [0.25, 0.3) is 5.56 Å². The molecule has 170 valence electrons. The average molecular weight is 479 g/mol. The van der Waals surface area contributed by atoms with Crippen LogP contribution in [0.2, 0.25) is 0 Å². The van der Waals surface area contributed by atoms with Crippen molar-refractivity contribution in [3.63, 3.8) is 0 Å². The van der Waals surface area contributed by atoms with Crippen LogP contribution >= 0.6 is 23.1 Å². The lowest BCUT2D eigenvalue weighted by atomic mass is 10.1. The van der Waals surface area contributed by atoms with E-state index in [0.717, 1.165) is 55.4 Å². The summed E-state index contributed by atoms with van der Waals surface area (Å²) in [4.78, 5) is 20.8. The molecule has 1 aliphatic rings. The van der Waals surface area contributed by atoms with Gasteiger partial charge < -0.3 is 9.47 Å². The van der Waals surface area contributed by atoms with Gasteiger partial charge in [-0.15, -0.1) is 11.3 Å². The van der Waals surface area contributed by atoms with Crippen LogP contribution in [0.25, 0.3) is 15.9 Å². The summed E-state index contributed by atoms with van der Waals surface area (Å²) in [5.74, 6) is 2.15. The Labute approximate surface area is 201 Å². The van der Waals surface area contributed by atoms with Gasteiger partial charge in [-0.05, 0) is 62.1 Å². The molecule has 33 heavy (non-hydrogen) atoms. The van der Waals surface area contributed by atoms with Crippen molar-refractivity contribution >= 4 is 33.3 Å². The topological polar surface area (TPSA) is 53.4 Å². The smallest absolute Gasteiger partial charge is 0.267 e. The molecule has 0 N–H and O–H groups in total. The number of hydrogen-bond acceptors (Lipinski definition) is 6. The van der Waals surface area contributed by atoms with E-state index < -0.39 is 0 Å². The Bertz CT molecular complexity index is 1410. The van der Waals surface area contributed by atoms with Crippen molar-refractivity contribution in [2.45, 2.75) is 45.4 Å². The van der Waals surface area contributed by atoms with Crippen LogP contribution < -0.4 is 15.0 Å². The predicted octanol–water partition coefficient (Wildman–Crippen LogP) is 5.87. The first-order valence-corrected chi connectivity index (χ1v) is 12.9. The summed E-state index contributed by atoms with van der Waals surface area (Å²) in [6.45, 7) is 8.77. The number of hydrogen-bond donors (Lipinski definition) is 0. The quantitative estimate of drug-likeness (QED) is 0.265. The van der Waals surface area contributed by atoms with Crippen molar-refractivity contribution in [2.24, 2.45) is 0 Å². The maximum atomic E-state index is 13.9. The number of fused-ring (bicyclic) bond motifs is 2. The molecule has 1 atom stereocenters. The van der Waals surface area contributed by atoms with Crippen LogP contribution in [-0.2, 0) is 6.42 Å². The lowest BCUT2D eigenvalue weighted by Gasteiger charge is -2.26. The monoisotopic (exact) mass is 478 g/mol. The second-order valence-corrected chi connectivity index (χ2v) is 10.4. The highest BCUT2D eigenvalue weighted by Gasteiger charge is 2.24. The van der Waals surface area contributed by atoms with Gasteiger partial charge in [0.2, 0.25) is 0 Å². The van der Waals surface area contributed by atoms with Crippen molar-refractivity contribution in [3.8, 4) is 17.2 Å². The number of aromatic nitrogens is 2. The summed E-state index contributed by atoms with van der Waals surface area (Å²) in [5, 5.41) is 1.43. The standard InChI is InChI=1S/C26H26N2O3S2/c1-5-19-17(4)33-24-23(19)25(29)28(20-10-8-9-15(2)16(20)3)26(27-24)32-14-18-13-30-21-11-6-7-12-22(21)31-18/h6-12,18H,5,13-14H2,1-4H3. The third-order valence-electron chi connectivity index (χ3n) is 6.13. The van der Waals surface area contributed by atoms with Crippen LogP contribution in [-0.4, -0.2) is 28.0 Å². The Balaban J connectivity index is 1.58. The number of para-hydroxylation sites is 2. The fourth-order valence-electron chi connectivity index (χ4n) is 4.22. The van der Waals surface area contributed by atoms with Gasteiger partial charge >= 0.3 is 0 Å². The molecule has 1 unspecified atom stereocenters. The Morgan fingerprint density at radius 1 is 1.12 bits per heavy atom. The van der Waals surface area contributed by atoms with Crippen molar-refractivity contribution < 1.29 is 9.47 Å². The highest BCUT2D eigenvalue weighted by Crippen LogP contribution is 2.34. The lowest BCUT2D eigenvalue weighted by molar-refractivity contribution is 0.107. The molecule has 0 aliphatic carbocycles. The fourth-order valence-corrected chi connectivity index (χ4v) is 6.35. The number of nitrogens with zero attached hydrogens (tertiary/aromatic N) is 2. The van der Waals surface area contributed by atoms with Gasteiger partial charge in [0.1, 0.15) is 17.5 Å². The Hall–Kier alpha value is -2.77. The van der Waals surface area contributed by atoms with Crippen molar-refractivity contribution in [1.29, 1.82) is 0 Å². The zero-order valence-corrected chi connectivity index (χ0v) is 20.8. The number of ether oxygens (including phenoxy) is 2. The normalized spacial score (nSPS) is 15.2. The number of thiophene rings is 1. The minimum absolute atomic E-state index is 0.00329. The first kappa shape index (κ1) is 22.0. The lowest BCUT2D eigenvalue weighted by Crippen LogP contribution is -2.31. The number of benzene rings is 2. The molecule has 0 saturated carbocycles. The van der Waals surface area contributed by atoms with Crippen molar-refractivity contribution in [2.75, 3.05) is 12.4 Å². The first-order chi connectivity index (χ1) is 16.0. The summed E-state index contributed by atoms with van der Waals surface area (Å²) < 4.78 is 13.8. The molecule has 5 nitrogen and oxygen atoms in total. The minimum atomic E-state index is -0.124. The first-order valence-electron chi connectivity index (χ1n) is 11.1. The largest absolute Gasteiger partial charge is 0.486 e. The van der Waals surface area contributed by atoms with Crippen LogP contribution in [0.5, 0.6) is 11.5 Å². The van der Waals surface area contributed by atoms with E-state index in [-0.39, 0.29) is 11.7 Å². The van der Waals surface area contributed by atoms with Crippen LogP contribution in [0.3, 0.4) is 0 Å². The molecule has 1 aliphatic heterocycles. The molecular formula is C26H26N2O3S2. The van der Waals surface area contributed by atoms with Crippen LogP contribution in [0.15, 0.2) is 52.4 Å². The number of rotatable bonds is 5. The molecule has 2 aromatic carbocycles. The summed E-state index contributed by atoms with van der Waals surface area (Å²) in [6, 6.07) is 13.8. The molecule has 5 rings (SSSR count). The third-order valence-corrected chi connectivity index (χ3v) is 8.24. The minimum Gasteiger partial charge on any atom is -0.486 e. The molecule has 2 aromatic heterocycles. The van der Waals surface area contributed by atoms with Gasteiger partial charge in [-0.1, -0.05) is 43.0 Å². The highest BCUT2D eigenvalue weighted by molar-refractivity contribution is 7.99. The molecule has 0 fully saturated rings. The summed E-state index contributed by atoms with van der Waals surface area (Å²) in [7, 11) is 0. The Morgan fingerprint density at radius 3 is 2.70 bits per heavy atom. The fraction of sp³-hybridized carbons (Fsp3) is 0.308. The maximum absolute atomic E-state index is 13.9. The molecule has 0 radical (unpaired) electrons. The summed E-state index contributed by atoms with van der Waals surface area (Å²) in [6.07, 6.45) is 0.690. The van der Waals surface area contributed by atoms with E-state index in [1.54, 1.807) is 27.7 Å². The maximum Gasteiger partial charge on any atom is 0.267 e. The van der Waals surface area contributed by atoms with Gasteiger partial charge in [0, 0.05) is 10.6 Å². The van der Waals surface area contributed by atoms with Gasteiger partial charge in [0.05, 0.1) is 11.1 Å². The van der Waals surface area contributed by atoms with E-state index >= 15 is 0 Å². The van der Waals surface area contributed by atoms with Crippen molar-refractivity contribution in [1.82, 2.24) is 9.55 Å². The molecule has 4 aromatic rings. The molecular weight excluding hydrogens is 452 g/mol. The van der Waals surface area contributed by atoms with Gasteiger partial charge in [-0.25, -0.2) is 4.98 Å². The summed E-state index contributed by atoms with van der Waals surface area (Å²) >= 11 is 3.14. The van der Waals surface area contributed by atoms with E-state index in [4.69, 9.17) is 14.5 Å². The van der Waals surface area contributed by atoms with E-state index in [1.165, 1.54) is 0 Å². The molecule has 3 heterocycles. The highest BCUT2D eigenvalue weighted by atomic mass is 32.2. The Morgan fingerprint density at radius 2 is 1.91 bits per heavy atom. The van der Waals surface area contributed by atoms with Gasteiger partial charge in [0.15, 0.2) is 16.7 Å². The molecule has 0 saturated heterocycles. The van der Waals surface area contributed by atoms with E-state index in [0.29, 0.717) is 17.5 Å². The zero-order chi connectivity index (χ0) is 23.1. The van der Waals surface area contributed by atoms with E-state index in [2.05, 4.69) is 33.8 Å². The Kier molecular flexibility index (Phi) is 5.93. The van der Waals surface area contributed by atoms with Gasteiger partial charge in [-0.3, -0.25) is 9.36 Å². The molecule has 7 heteroatoms. The van der Waals surface area contributed by atoms with Crippen LogP contribution in [0.4, 0.5) is 0 Å². The van der Waals surface area contributed by atoms with Crippen LogP contribution in [0.1, 0.15) is 28.5 Å². The number of thioether (sulfide) groups is 1.